The first kappa shape index (κ1) is 10.9. The molecule has 0 bridgehead atoms. The van der Waals surface area contributed by atoms with Crippen LogP contribution in [0.25, 0.3) is 0 Å². The Morgan fingerprint density at radius 2 is 1.87 bits per heavy atom. The number of rotatable bonds is 1. The van der Waals surface area contributed by atoms with Gasteiger partial charge >= 0.3 is 0 Å². The monoisotopic (exact) mass is 211 g/mol. The Labute approximate surface area is 91.5 Å². The van der Waals surface area contributed by atoms with E-state index in [1.54, 1.807) is 0 Å². The molecule has 2 fully saturated rings. The van der Waals surface area contributed by atoms with Gasteiger partial charge in [0.05, 0.1) is 11.6 Å². The summed E-state index contributed by atoms with van der Waals surface area (Å²) < 4.78 is 0. The minimum Gasteiger partial charge on any atom is -0.391 e. The van der Waals surface area contributed by atoms with Crippen molar-refractivity contribution >= 4 is 5.91 Å². The molecule has 0 aromatic rings. The highest BCUT2D eigenvalue weighted by Gasteiger charge is 2.44. The number of hydrogen-bond acceptors (Lipinski definition) is 2. The zero-order chi connectivity index (χ0) is 11.1. The van der Waals surface area contributed by atoms with Gasteiger partial charge in [-0.3, -0.25) is 4.79 Å². The van der Waals surface area contributed by atoms with Gasteiger partial charge in [0.2, 0.25) is 5.91 Å². The van der Waals surface area contributed by atoms with Crippen LogP contribution >= 0.6 is 0 Å². The molecule has 0 spiro atoms. The molecule has 15 heavy (non-hydrogen) atoms. The largest absolute Gasteiger partial charge is 0.391 e. The number of carbonyl (C=O) groups excluding carboxylic acids is 1. The van der Waals surface area contributed by atoms with Crippen molar-refractivity contribution in [1.82, 2.24) is 4.90 Å². The molecule has 3 nitrogen and oxygen atoms in total. The summed E-state index contributed by atoms with van der Waals surface area (Å²) in [5.74, 6) is 0.503. The minimum atomic E-state index is -0.361. The van der Waals surface area contributed by atoms with Crippen molar-refractivity contribution in [2.45, 2.75) is 57.6 Å². The van der Waals surface area contributed by atoms with Crippen LogP contribution in [0.15, 0.2) is 0 Å². The molecule has 1 saturated carbocycles. The lowest BCUT2D eigenvalue weighted by molar-refractivity contribution is -0.140. The van der Waals surface area contributed by atoms with Crippen molar-refractivity contribution in [1.29, 1.82) is 0 Å². The molecule has 1 heterocycles. The zero-order valence-electron chi connectivity index (χ0n) is 9.70. The van der Waals surface area contributed by atoms with Gasteiger partial charge < -0.3 is 10.0 Å². The summed E-state index contributed by atoms with van der Waals surface area (Å²) in [5.41, 5.74) is -0.361. The number of aliphatic hydroxyl groups is 1. The van der Waals surface area contributed by atoms with E-state index >= 15 is 0 Å². The van der Waals surface area contributed by atoms with E-state index in [0.717, 1.165) is 25.8 Å². The van der Waals surface area contributed by atoms with Gasteiger partial charge in [0.1, 0.15) is 0 Å². The molecule has 3 heteroatoms. The third kappa shape index (κ3) is 1.78. The van der Waals surface area contributed by atoms with E-state index in [-0.39, 0.29) is 23.5 Å². The molecule has 0 radical (unpaired) electrons. The second-order valence-corrected chi connectivity index (χ2v) is 5.43. The molecule has 0 aromatic carbocycles. The molecule has 2 aliphatic rings. The van der Waals surface area contributed by atoms with E-state index in [1.165, 1.54) is 12.8 Å². The van der Waals surface area contributed by atoms with Crippen molar-refractivity contribution in [2.75, 3.05) is 6.54 Å². The summed E-state index contributed by atoms with van der Waals surface area (Å²) in [7, 11) is 0. The minimum absolute atomic E-state index is 0.231. The van der Waals surface area contributed by atoms with Gasteiger partial charge in [-0.25, -0.2) is 0 Å². The quantitative estimate of drug-likeness (QED) is 0.715. The van der Waals surface area contributed by atoms with Gasteiger partial charge in [0.25, 0.3) is 0 Å². The lowest BCUT2D eigenvalue weighted by Crippen LogP contribution is -2.49. The smallest absolute Gasteiger partial charge is 0.226 e. The lowest BCUT2D eigenvalue weighted by Gasteiger charge is -2.35. The number of amides is 1. The highest BCUT2D eigenvalue weighted by Crippen LogP contribution is 2.34. The number of aliphatic hydroxyl groups excluding tert-OH is 1. The second-order valence-electron chi connectivity index (χ2n) is 5.43. The summed E-state index contributed by atoms with van der Waals surface area (Å²) in [5, 5.41) is 9.83. The molecule has 86 valence electrons. The molecule has 2 rings (SSSR count). The summed E-state index contributed by atoms with van der Waals surface area (Å²) in [4.78, 5) is 14.1. The molecule has 1 unspecified atom stereocenters. The summed E-state index contributed by atoms with van der Waals surface area (Å²) in [6.07, 6.45) is 4.83. The molecule has 0 aromatic heterocycles. The highest BCUT2D eigenvalue weighted by molar-refractivity contribution is 5.80. The molecule has 1 N–H and O–H groups in total. The van der Waals surface area contributed by atoms with Gasteiger partial charge in [-0.1, -0.05) is 12.8 Å². The van der Waals surface area contributed by atoms with Crippen LogP contribution in [0.2, 0.25) is 0 Å². The molecule has 1 saturated heterocycles. The highest BCUT2D eigenvalue weighted by atomic mass is 16.3. The van der Waals surface area contributed by atoms with Gasteiger partial charge in [-0.2, -0.15) is 0 Å². The van der Waals surface area contributed by atoms with E-state index in [1.807, 2.05) is 18.7 Å². The predicted octanol–water partition coefficient (Wildman–Crippen LogP) is 1.55. The molecular formula is C12H21NO2. The van der Waals surface area contributed by atoms with Crippen LogP contribution in [0.3, 0.4) is 0 Å². The van der Waals surface area contributed by atoms with E-state index in [4.69, 9.17) is 0 Å². The van der Waals surface area contributed by atoms with Crippen LogP contribution in [0.4, 0.5) is 0 Å². The van der Waals surface area contributed by atoms with Crippen LogP contribution < -0.4 is 0 Å². The average molecular weight is 211 g/mol. The summed E-state index contributed by atoms with van der Waals surface area (Å²) >= 11 is 0. The molecule has 1 aliphatic heterocycles. The average Bonchev–Trinajstić information content (AvgIpc) is 2.76. The van der Waals surface area contributed by atoms with Crippen molar-refractivity contribution in [2.24, 2.45) is 5.92 Å². The normalized spacial score (nSPS) is 31.1. The Balaban J connectivity index is 2.07. The SMILES string of the molecule is CC1(C)C(O)CCN1C(=O)C1CCCC1. The van der Waals surface area contributed by atoms with E-state index < -0.39 is 0 Å². The van der Waals surface area contributed by atoms with Gasteiger partial charge in [0.15, 0.2) is 0 Å². The standard InChI is InChI=1S/C12H21NO2/c1-12(2)10(14)7-8-13(12)11(15)9-5-3-4-6-9/h9-10,14H,3-8H2,1-2H3. The summed E-state index contributed by atoms with van der Waals surface area (Å²) in [6, 6.07) is 0. The number of likely N-dealkylation sites (tertiary alicyclic amines) is 1. The van der Waals surface area contributed by atoms with E-state index in [2.05, 4.69) is 0 Å². The predicted molar refractivity (Wildman–Crippen MR) is 58.4 cm³/mol. The van der Waals surface area contributed by atoms with Crippen molar-refractivity contribution in [3.05, 3.63) is 0 Å². The first-order chi connectivity index (χ1) is 7.03. The molecular weight excluding hydrogens is 190 g/mol. The first-order valence-corrected chi connectivity index (χ1v) is 6.03. The fraction of sp³-hybridized carbons (Fsp3) is 0.917. The second kappa shape index (κ2) is 3.78. The Kier molecular flexibility index (Phi) is 2.75. The van der Waals surface area contributed by atoms with E-state index in [9.17, 15) is 9.90 Å². The fourth-order valence-electron chi connectivity index (χ4n) is 2.86. The topological polar surface area (TPSA) is 40.5 Å². The van der Waals surface area contributed by atoms with Crippen molar-refractivity contribution in [3.63, 3.8) is 0 Å². The fourth-order valence-corrected chi connectivity index (χ4v) is 2.86. The maximum absolute atomic E-state index is 12.2. The van der Waals surface area contributed by atoms with Crippen LogP contribution in [0.5, 0.6) is 0 Å². The Hall–Kier alpha value is -0.570. The lowest BCUT2D eigenvalue weighted by atomic mass is 9.97. The Bertz CT molecular complexity index is 256. The van der Waals surface area contributed by atoms with Gasteiger partial charge in [0, 0.05) is 12.5 Å². The Morgan fingerprint density at radius 1 is 1.27 bits per heavy atom. The van der Waals surface area contributed by atoms with Crippen LogP contribution in [-0.4, -0.2) is 34.1 Å². The Morgan fingerprint density at radius 3 is 2.33 bits per heavy atom. The zero-order valence-corrected chi connectivity index (χ0v) is 9.70. The van der Waals surface area contributed by atoms with Crippen molar-refractivity contribution < 1.29 is 9.90 Å². The van der Waals surface area contributed by atoms with E-state index in [0.29, 0.717) is 0 Å². The third-order valence-corrected chi connectivity index (χ3v) is 4.11. The first-order valence-electron chi connectivity index (χ1n) is 6.03. The van der Waals surface area contributed by atoms with Crippen LogP contribution in [0, 0.1) is 5.92 Å². The van der Waals surface area contributed by atoms with Crippen LogP contribution in [0.1, 0.15) is 46.0 Å². The van der Waals surface area contributed by atoms with Crippen LogP contribution in [-0.2, 0) is 4.79 Å². The molecule has 1 aliphatic carbocycles. The number of nitrogens with zero attached hydrogens (tertiary/aromatic N) is 1. The maximum atomic E-state index is 12.2. The maximum Gasteiger partial charge on any atom is 0.226 e. The number of carbonyl (C=O) groups is 1. The molecule has 1 atom stereocenters. The van der Waals surface area contributed by atoms with Gasteiger partial charge in [-0.15, -0.1) is 0 Å². The van der Waals surface area contributed by atoms with Crippen molar-refractivity contribution in [3.8, 4) is 0 Å². The third-order valence-electron chi connectivity index (χ3n) is 4.11. The molecule has 1 amide bonds. The number of hydrogen-bond donors (Lipinski definition) is 1. The van der Waals surface area contributed by atoms with Gasteiger partial charge in [-0.05, 0) is 33.1 Å². The summed E-state index contributed by atoms with van der Waals surface area (Å²) in [6.45, 7) is 4.67.